The van der Waals surface area contributed by atoms with Crippen LogP contribution in [-0.4, -0.2) is 75.4 Å². The molecule has 0 amide bonds. The lowest BCUT2D eigenvalue weighted by molar-refractivity contribution is 0.112. The van der Waals surface area contributed by atoms with Crippen molar-refractivity contribution < 1.29 is 32.1 Å². The minimum atomic E-state index is -0.0648. The Hall–Kier alpha value is -0.320. The van der Waals surface area contributed by atoms with Gasteiger partial charge in [0.1, 0.15) is 0 Å². The molecule has 0 aromatic rings. The van der Waals surface area contributed by atoms with Gasteiger partial charge >= 0.3 is 0 Å². The second-order valence-corrected chi connectivity index (χ2v) is 13.3. The Morgan fingerprint density at radius 2 is 1.00 bits per heavy atom. The minimum absolute atomic E-state index is 0. The molecule has 0 heterocycles. The summed E-state index contributed by atoms with van der Waals surface area (Å²) in [5, 5.41) is 17.7. The zero-order chi connectivity index (χ0) is 33.7. The molecule has 47 heavy (non-hydrogen) atoms. The fourth-order valence-electron chi connectivity index (χ4n) is 4.85. The van der Waals surface area contributed by atoms with E-state index in [1.807, 2.05) is 34.6 Å². The molecule has 0 spiro atoms. The number of rotatable bonds is 20. The molecule has 1 aliphatic rings. The van der Waals surface area contributed by atoms with Gasteiger partial charge < -0.3 is 42.8 Å². The van der Waals surface area contributed by atoms with E-state index < -0.39 is 0 Å². The van der Waals surface area contributed by atoms with E-state index in [0.29, 0.717) is 6.04 Å². The first-order chi connectivity index (χ1) is 20.6. The molecule has 8 nitrogen and oxygen atoms in total. The van der Waals surface area contributed by atoms with Gasteiger partial charge in [-0.25, -0.2) is 0 Å². The van der Waals surface area contributed by atoms with Crippen molar-refractivity contribution in [1.29, 1.82) is 0 Å². The van der Waals surface area contributed by atoms with Crippen molar-refractivity contribution >= 4 is 0 Å². The summed E-state index contributed by atoms with van der Waals surface area (Å²) < 4.78 is 0. The van der Waals surface area contributed by atoms with Gasteiger partial charge in [0.2, 0.25) is 0 Å². The van der Waals surface area contributed by atoms with Gasteiger partial charge in [0.25, 0.3) is 0 Å². The third-order valence-electron chi connectivity index (χ3n) is 8.46. The van der Waals surface area contributed by atoms with Gasteiger partial charge in [-0.3, -0.25) is 0 Å². The third-order valence-corrected chi connectivity index (χ3v) is 8.46. The number of nitrogens with zero attached hydrogens (tertiary/aromatic N) is 1. The maximum absolute atomic E-state index is 9.03. The quantitative estimate of drug-likeness (QED) is 0.108. The van der Waals surface area contributed by atoms with E-state index in [1.54, 1.807) is 0 Å². The Morgan fingerprint density at radius 1 is 0.617 bits per heavy atom. The van der Waals surface area contributed by atoms with Gasteiger partial charge in [0, 0.05) is 6.04 Å². The Bertz CT molecular complexity index is 453. The highest BCUT2D eigenvalue weighted by atomic mass is 16.3. The fraction of sp³-hybridized carbons (Fsp3) is 1.00. The number of aliphatic hydroxyl groups is 2. The van der Waals surface area contributed by atoms with Crippen molar-refractivity contribution in [2.24, 2.45) is 17.6 Å². The number of aliphatic hydroxyl groups excluding tert-OH is 2. The molecule has 8 heteroatoms. The van der Waals surface area contributed by atoms with E-state index in [1.165, 1.54) is 116 Å². The van der Waals surface area contributed by atoms with Crippen LogP contribution in [0.3, 0.4) is 0 Å². The van der Waals surface area contributed by atoms with E-state index in [9.17, 15) is 0 Å². The Labute approximate surface area is 296 Å². The molecule has 1 rings (SSSR count). The molecule has 0 bridgehead atoms. The van der Waals surface area contributed by atoms with Crippen molar-refractivity contribution in [3.63, 3.8) is 0 Å². The number of hydrogen-bond acceptors (Lipinski definition) is 4. The predicted molar refractivity (Wildman–Crippen MR) is 213 cm³/mol. The van der Waals surface area contributed by atoms with Crippen LogP contribution in [0.1, 0.15) is 204 Å². The summed E-state index contributed by atoms with van der Waals surface area (Å²) in [5.41, 5.74) is 5.29. The predicted octanol–water partition coefficient (Wildman–Crippen LogP) is 8.25. The van der Waals surface area contributed by atoms with Gasteiger partial charge in [-0.15, -0.1) is 0 Å². The van der Waals surface area contributed by atoms with E-state index in [-0.39, 0.29) is 34.1 Å². The summed E-state index contributed by atoms with van der Waals surface area (Å²) in [6, 6.07) is 0.384. The van der Waals surface area contributed by atoms with Crippen molar-refractivity contribution in [2.75, 3.05) is 20.1 Å². The molecule has 1 fully saturated rings. The SMILES string of the molecule is CC.CC1CCC(O)CC1.CCC(C)N.CCC(O)CC.CCCCCCCCC(C)CCCCCCCN(C)CCC.O.O.O.O. The van der Waals surface area contributed by atoms with E-state index in [0.717, 1.165) is 43.9 Å². The van der Waals surface area contributed by atoms with Crippen LogP contribution in [0.5, 0.6) is 0 Å². The highest BCUT2D eigenvalue weighted by molar-refractivity contribution is 4.67. The van der Waals surface area contributed by atoms with E-state index >= 15 is 0 Å². The van der Waals surface area contributed by atoms with Gasteiger partial charge in [-0.1, -0.05) is 139 Å². The third kappa shape index (κ3) is 64.8. The van der Waals surface area contributed by atoms with Crippen molar-refractivity contribution in [2.45, 2.75) is 222 Å². The van der Waals surface area contributed by atoms with Gasteiger partial charge in [0.15, 0.2) is 0 Å². The van der Waals surface area contributed by atoms with E-state index in [4.69, 9.17) is 15.9 Å². The van der Waals surface area contributed by atoms with Gasteiger partial charge in [0.05, 0.1) is 12.2 Å². The average molecular weight is 689 g/mol. The standard InChI is InChI=1S/C21H45N.C7H14O.C5H12O.C4H11N.C2H6.4H2O/c1-5-7-8-9-11-14-17-21(3)18-15-12-10-13-16-20-22(4)19-6-2;1-6-2-4-7(8)5-3-6;1-3-5(6)4-2;1-3-4(2)5;1-2;;;;/h21H,5-20H2,1-4H3;6-8H,2-5H2,1H3;5-6H,3-4H2,1-2H3;4H,3,5H2,1-2H3;1-2H3;4*1H2. The molecule has 0 saturated heterocycles. The molecular formula is C39H96N2O6. The molecule has 1 aliphatic carbocycles. The first-order valence-electron chi connectivity index (χ1n) is 19.4. The summed E-state index contributed by atoms with van der Waals surface area (Å²) in [5.74, 6) is 1.82. The number of hydrogen-bond donors (Lipinski definition) is 3. The molecule has 0 aromatic heterocycles. The smallest absolute Gasteiger partial charge is 0.0540 e. The zero-order valence-corrected chi connectivity index (χ0v) is 34.1. The minimum Gasteiger partial charge on any atom is -0.412 e. The Kier molecular flexibility index (Phi) is 76.3. The maximum Gasteiger partial charge on any atom is 0.0540 e. The van der Waals surface area contributed by atoms with E-state index in [2.05, 4.69) is 46.6 Å². The summed E-state index contributed by atoms with van der Waals surface area (Å²) >= 11 is 0. The zero-order valence-electron chi connectivity index (χ0n) is 34.1. The molecule has 12 N–H and O–H groups in total. The average Bonchev–Trinajstić information content (AvgIpc) is 3.01. The summed E-state index contributed by atoms with van der Waals surface area (Å²) in [4.78, 5) is 2.47. The van der Waals surface area contributed by atoms with Crippen LogP contribution < -0.4 is 5.73 Å². The van der Waals surface area contributed by atoms with Gasteiger partial charge in [-0.2, -0.15) is 0 Å². The number of nitrogens with two attached hydrogens (primary N) is 1. The first-order valence-corrected chi connectivity index (χ1v) is 19.4. The highest BCUT2D eigenvalue weighted by Crippen LogP contribution is 2.22. The molecule has 0 aliphatic heterocycles. The monoisotopic (exact) mass is 689 g/mol. The molecule has 298 valence electrons. The first kappa shape index (κ1) is 65.1. The molecular weight excluding hydrogens is 592 g/mol. The lowest BCUT2D eigenvalue weighted by atomic mass is 9.89. The molecule has 1 saturated carbocycles. The van der Waals surface area contributed by atoms with Crippen LogP contribution in [0.25, 0.3) is 0 Å². The lowest BCUT2D eigenvalue weighted by Gasteiger charge is -2.21. The molecule has 0 radical (unpaired) electrons. The maximum atomic E-state index is 9.03. The van der Waals surface area contributed by atoms with Crippen LogP contribution in [-0.2, 0) is 0 Å². The second-order valence-electron chi connectivity index (χ2n) is 13.3. The van der Waals surface area contributed by atoms with Crippen LogP contribution in [0.4, 0.5) is 0 Å². The van der Waals surface area contributed by atoms with Crippen molar-refractivity contribution in [1.82, 2.24) is 4.90 Å². The largest absolute Gasteiger partial charge is 0.412 e. The van der Waals surface area contributed by atoms with Crippen molar-refractivity contribution in [3.05, 3.63) is 0 Å². The summed E-state index contributed by atoms with van der Waals surface area (Å²) in [7, 11) is 2.26. The Morgan fingerprint density at radius 3 is 1.32 bits per heavy atom. The summed E-state index contributed by atoms with van der Waals surface area (Å²) in [6.45, 7) is 23.9. The topological polar surface area (TPSA) is 196 Å². The molecule has 2 unspecified atom stereocenters. The van der Waals surface area contributed by atoms with Crippen LogP contribution >= 0.6 is 0 Å². The van der Waals surface area contributed by atoms with Crippen LogP contribution in [0.15, 0.2) is 0 Å². The van der Waals surface area contributed by atoms with Crippen LogP contribution in [0, 0.1) is 11.8 Å². The van der Waals surface area contributed by atoms with Crippen LogP contribution in [0.2, 0.25) is 0 Å². The van der Waals surface area contributed by atoms with Gasteiger partial charge in [-0.05, 0) is 96.7 Å². The number of unbranched alkanes of at least 4 members (excludes halogenated alkanes) is 9. The fourth-order valence-corrected chi connectivity index (χ4v) is 4.85. The highest BCUT2D eigenvalue weighted by Gasteiger charge is 2.14. The van der Waals surface area contributed by atoms with Crippen molar-refractivity contribution in [3.8, 4) is 0 Å². The normalized spacial score (nSPS) is 15.8. The second kappa shape index (κ2) is 55.1. The summed E-state index contributed by atoms with van der Waals surface area (Å²) in [6.07, 6.45) is 27.4. The lowest BCUT2D eigenvalue weighted by Crippen LogP contribution is -2.20. The molecule has 2 atom stereocenters. The molecule has 0 aromatic carbocycles. The Balaban J connectivity index is -0.0000000835.